The van der Waals surface area contributed by atoms with Gasteiger partial charge in [-0.15, -0.1) is 26.3 Å². The van der Waals surface area contributed by atoms with Crippen LogP contribution >= 0.6 is 0 Å². The van der Waals surface area contributed by atoms with E-state index in [2.05, 4.69) is 246 Å². The zero-order chi connectivity index (χ0) is 53.8. The number of rotatable bonds is 14. The maximum absolute atomic E-state index is 5.88. The van der Waals surface area contributed by atoms with Crippen LogP contribution in [0.25, 0.3) is 0 Å². The molecule has 4 aliphatic heterocycles. The molecule has 75 heavy (non-hydrogen) atoms. The first-order valence-electron chi connectivity index (χ1n) is 27.6. The molecule has 0 amide bonds. The first kappa shape index (κ1) is 58.8. The molecule has 0 fully saturated rings. The van der Waals surface area contributed by atoms with Gasteiger partial charge in [-0.3, -0.25) is 10.3 Å². The topological polar surface area (TPSA) is 53.8 Å². The number of nitrogens with zero attached hydrogens (tertiary/aromatic N) is 2. The normalized spacial score (nSPS) is 17.6. The summed E-state index contributed by atoms with van der Waals surface area (Å²) in [6.45, 7) is 32.8. The summed E-state index contributed by atoms with van der Waals surface area (Å²) in [7, 11) is 0. The molecule has 5 nitrogen and oxygen atoms in total. The van der Waals surface area contributed by atoms with Gasteiger partial charge in [0.1, 0.15) is 0 Å². The maximum Gasteiger partial charge on any atom is 0.0746 e. The summed E-state index contributed by atoms with van der Waals surface area (Å²) in [5.41, 5.74) is 26.5. The molecule has 4 atom stereocenters. The number of aryl methyl sites for hydroxylation is 1. The lowest BCUT2D eigenvalue weighted by Crippen LogP contribution is -2.37. The van der Waals surface area contributed by atoms with Crippen LogP contribution in [0.5, 0.6) is 0 Å². The molecule has 5 heteroatoms. The van der Waals surface area contributed by atoms with Crippen LogP contribution in [0.2, 0.25) is 0 Å². The van der Waals surface area contributed by atoms with E-state index in [0.29, 0.717) is 23.7 Å². The smallest absolute Gasteiger partial charge is 0.0746 e. The minimum Gasteiger partial charge on any atom is -0.405 e. The van der Waals surface area contributed by atoms with Gasteiger partial charge in [0.25, 0.3) is 0 Å². The van der Waals surface area contributed by atoms with Gasteiger partial charge in [0.15, 0.2) is 0 Å². The van der Waals surface area contributed by atoms with Crippen LogP contribution < -0.4 is 21.0 Å². The van der Waals surface area contributed by atoms with Gasteiger partial charge >= 0.3 is 0 Å². The molecule has 6 aromatic rings. The van der Waals surface area contributed by atoms with Gasteiger partial charge in [0.2, 0.25) is 0 Å². The summed E-state index contributed by atoms with van der Waals surface area (Å²) >= 11 is 0. The van der Waals surface area contributed by atoms with Gasteiger partial charge in [-0.2, -0.15) is 0 Å². The minimum atomic E-state index is 0.428. The molecule has 0 aliphatic carbocycles. The molecular formula is C70H88N4O. The average molecular weight is 1000 g/mol. The molecule has 0 saturated carbocycles. The standard InChI is InChI=1S/C29H34N2O.C25H25N.C10H16.C2H5N.2C2H4/c1-2-3-10-19-32-30-24-20-27-25(22-11-6-4-7-12-22)15-17-31-18-16-26(28(21-24)29(27)31)23-13-8-5-9-14-23;1-18-16-23-21(19-8-4-2-5-9-19)12-14-26-15-13-22(24(17-18)25(23)26)20-10-6-3-7-11-20;1-4-7-9-10(6-3)8-5-2;1-2-3;2*1-2/h4-9,11-14,20-21,25-26,30H,2-3,10,15-19H2,1H3;2-11,16-17,21-22H,12-15H2,1H3;4,6-7,9H,1,5,8H2,2-3H3;2H,1,3H2;2*1-2H2/b;;9-7-,10-6-;;;. The molecule has 0 aromatic heterocycles. The van der Waals surface area contributed by atoms with Crippen LogP contribution in [0.4, 0.5) is 17.1 Å². The average Bonchev–Trinajstić information content (AvgIpc) is 3.48. The number of nitrogens with one attached hydrogen (secondary N) is 1. The minimum absolute atomic E-state index is 0.428. The van der Waals surface area contributed by atoms with Crippen molar-refractivity contribution in [3.8, 4) is 0 Å². The van der Waals surface area contributed by atoms with Crippen molar-refractivity contribution < 1.29 is 4.84 Å². The van der Waals surface area contributed by atoms with Gasteiger partial charge in [-0.05, 0) is 115 Å². The van der Waals surface area contributed by atoms with Gasteiger partial charge in [0.05, 0.1) is 12.3 Å². The summed E-state index contributed by atoms with van der Waals surface area (Å²) in [6.07, 6.45) is 19.9. The zero-order valence-electron chi connectivity index (χ0n) is 46.1. The highest BCUT2D eigenvalue weighted by atomic mass is 16.6. The first-order chi connectivity index (χ1) is 36.9. The van der Waals surface area contributed by atoms with Crippen LogP contribution in [0.15, 0.2) is 221 Å². The molecule has 0 bridgehead atoms. The Hall–Kier alpha value is -7.08. The number of benzene rings is 6. The number of hydrogen-bond donors (Lipinski definition) is 2. The second-order valence-corrected chi connectivity index (χ2v) is 19.4. The van der Waals surface area contributed by atoms with Crippen molar-refractivity contribution in [3.05, 3.63) is 271 Å². The van der Waals surface area contributed by atoms with Gasteiger partial charge in [-0.25, -0.2) is 0 Å². The van der Waals surface area contributed by atoms with E-state index in [0.717, 1.165) is 44.6 Å². The largest absolute Gasteiger partial charge is 0.405 e. The monoisotopic (exact) mass is 1000 g/mol. The van der Waals surface area contributed by atoms with Crippen molar-refractivity contribution in [1.29, 1.82) is 0 Å². The lowest BCUT2D eigenvalue weighted by Gasteiger charge is -2.43. The van der Waals surface area contributed by atoms with Crippen LogP contribution in [0.3, 0.4) is 0 Å². The van der Waals surface area contributed by atoms with E-state index >= 15 is 0 Å². The Bertz CT molecular complexity index is 2510. The number of allylic oxidation sites excluding steroid dienone is 5. The van der Waals surface area contributed by atoms with Gasteiger partial charge in [0, 0.05) is 61.2 Å². The zero-order valence-corrected chi connectivity index (χ0v) is 46.1. The highest BCUT2D eigenvalue weighted by Gasteiger charge is 2.36. The Kier molecular flexibility index (Phi) is 25.3. The second kappa shape index (κ2) is 32.3. The predicted octanol–water partition coefficient (Wildman–Crippen LogP) is 18.1. The molecule has 0 radical (unpaired) electrons. The molecule has 0 saturated heterocycles. The van der Waals surface area contributed by atoms with Crippen molar-refractivity contribution >= 4 is 17.1 Å². The summed E-state index contributed by atoms with van der Waals surface area (Å²) in [5, 5.41) is 0. The first-order valence-corrected chi connectivity index (χ1v) is 27.6. The Morgan fingerprint density at radius 3 is 1.25 bits per heavy atom. The summed E-state index contributed by atoms with van der Waals surface area (Å²) < 4.78 is 0. The number of anilines is 3. The Labute approximate surface area is 453 Å². The third kappa shape index (κ3) is 16.0. The van der Waals surface area contributed by atoms with E-state index in [-0.39, 0.29) is 0 Å². The Morgan fingerprint density at radius 2 is 0.933 bits per heavy atom. The fraction of sp³-hybridized carbons (Fsp3) is 0.314. The molecule has 6 aromatic carbocycles. The van der Waals surface area contributed by atoms with Gasteiger partial charge < -0.3 is 15.5 Å². The Balaban J connectivity index is 0.000000216. The van der Waals surface area contributed by atoms with Crippen molar-refractivity contribution in [1.82, 2.24) is 0 Å². The van der Waals surface area contributed by atoms with E-state index in [1.807, 2.05) is 6.08 Å². The molecule has 4 unspecified atom stereocenters. The van der Waals surface area contributed by atoms with Crippen LogP contribution in [-0.4, -0.2) is 32.8 Å². The quantitative estimate of drug-likeness (QED) is 0.0493. The number of nitrogens with two attached hydrogens (primary N) is 1. The van der Waals surface area contributed by atoms with Crippen LogP contribution in [0.1, 0.15) is 152 Å². The lowest BCUT2D eigenvalue weighted by molar-refractivity contribution is 0.188. The molecule has 394 valence electrons. The van der Waals surface area contributed by atoms with E-state index in [9.17, 15) is 0 Å². The molecular weight excluding hydrogens is 913 g/mol. The second-order valence-electron chi connectivity index (χ2n) is 19.4. The van der Waals surface area contributed by atoms with E-state index in [1.54, 1.807) is 6.08 Å². The van der Waals surface area contributed by atoms with Crippen molar-refractivity contribution in [2.45, 2.75) is 109 Å². The summed E-state index contributed by atoms with van der Waals surface area (Å²) in [6, 6.07) is 53.7. The summed E-state index contributed by atoms with van der Waals surface area (Å²) in [5.74, 6) is 1.90. The molecule has 4 aliphatic rings. The van der Waals surface area contributed by atoms with Gasteiger partial charge in [-0.1, -0.05) is 215 Å². The lowest BCUT2D eigenvalue weighted by atomic mass is 9.76. The predicted molar refractivity (Wildman–Crippen MR) is 328 cm³/mol. The van der Waals surface area contributed by atoms with Crippen molar-refractivity contribution in [2.24, 2.45) is 5.73 Å². The van der Waals surface area contributed by atoms with Crippen molar-refractivity contribution in [2.75, 3.05) is 48.1 Å². The fourth-order valence-corrected chi connectivity index (χ4v) is 11.3. The molecule has 3 N–H and O–H groups in total. The van der Waals surface area contributed by atoms with E-state index < -0.39 is 0 Å². The van der Waals surface area contributed by atoms with Crippen LogP contribution in [0, 0.1) is 6.92 Å². The van der Waals surface area contributed by atoms with E-state index in [1.165, 1.54) is 125 Å². The van der Waals surface area contributed by atoms with Crippen LogP contribution in [-0.2, 0) is 4.84 Å². The number of unbranched alkanes of at least 4 members (excludes halogenated alkanes) is 2. The van der Waals surface area contributed by atoms with Crippen molar-refractivity contribution in [3.63, 3.8) is 0 Å². The maximum atomic E-state index is 5.88. The number of hydrogen-bond acceptors (Lipinski definition) is 5. The third-order valence-electron chi connectivity index (χ3n) is 14.6. The van der Waals surface area contributed by atoms with E-state index in [4.69, 9.17) is 4.84 Å². The molecule has 10 rings (SSSR count). The third-order valence-corrected chi connectivity index (χ3v) is 14.6. The SMILES string of the molecule is C=C.C=C.C=C/C=C\C(=C/C)CCC.C=CN.CCCCCONc1cc2c3c(c1)C(c1ccccc1)CCN3CCC2c1ccccc1.Cc1cc2c3c(c1)C(c1ccccc1)CCN3CCC2c1ccccc1. The highest BCUT2D eigenvalue weighted by molar-refractivity contribution is 5.73. The highest BCUT2D eigenvalue weighted by Crippen LogP contribution is 2.51. The Morgan fingerprint density at radius 1 is 0.573 bits per heavy atom. The molecule has 4 heterocycles. The summed E-state index contributed by atoms with van der Waals surface area (Å²) in [4.78, 5) is 11.1. The molecule has 0 spiro atoms. The fourth-order valence-electron chi connectivity index (χ4n) is 11.3.